The third-order valence-electron chi connectivity index (χ3n) is 6.82. The number of fused-ring (bicyclic) bond motifs is 3. The Labute approximate surface area is 223 Å². The number of ether oxygens (including phenoxy) is 2. The summed E-state index contributed by atoms with van der Waals surface area (Å²) in [6.45, 7) is 7.51. The fourth-order valence-corrected chi connectivity index (χ4v) is 4.85. The summed E-state index contributed by atoms with van der Waals surface area (Å²) in [6, 6.07) is 23.5. The van der Waals surface area contributed by atoms with E-state index in [-0.39, 0.29) is 17.0 Å². The number of rotatable bonds is 7. The predicted molar refractivity (Wildman–Crippen MR) is 150 cm³/mol. The molecule has 2 aromatic carbocycles. The van der Waals surface area contributed by atoms with Gasteiger partial charge in [0.05, 0.1) is 12.3 Å². The number of carboxylic acids is 1. The Balaban J connectivity index is 1.96. The van der Waals surface area contributed by atoms with Crippen molar-refractivity contribution in [3.05, 3.63) is 100 Å². The van der Waals surface area contributed by atoms with Crippen molar-refractivity contribution >= 4 is 5.97 Å². The van der Waals surface area contributed by atoms with Crippen molar-refractivity contribution in [3.8, 4) is 28.1 Å². The van der Waals surface area contributed by atoms with Crippen LogP contribution >= 0.6 is 0 Å². The van der Waals surface area contributed by atoms with Crippen LogP contribution in [0.15, 0.2) is 83.8 Å². The molecule has 1 atom stereocenters. The molecule has 0 radical (unpaired) electrons. The van der Waals surface area contributed by atoms with E-state index in [0.29, 0.717) is 19.6 Å². The van der Waals surface area contributed by atoms with Crippen LogP contribution in [0, 0.1) is 5.41 Å². The lowest BCUT2D eigenvalue weighted by Crippen LogP contribution is -2.32. The van der Waals surface area contributed by atoms with E-state index in [4.69, 9.17) is 9.47 Å². The number of aromatic carboxylic acids is 1. The summed E-state index contributed by atoms with van der Waals surface area (Å²) in [5, 5.41) is 9.64. The first-order chi connectivity index (χ1) is 18.2. The molecule has 6 heteroatoms. The van der Waals surface area contributed by atoms with Crippen molar-refractivity contribution in [1.29, 1.82) is 0 Å². The number of benzene rings is 1. The summed E-state index contributed by atoms with van der Waals surface area (Å²) in [6.07, 6.45) is 2.96. The quantitative estimate of drug-likeness (QED) is 0.362. The van der Waals surface area contributed by atoms with Gasteiger partial charge in [-0.1, -0.05) is 75.4 Å². The largest absolute Gasteiger partial charge is 0.493 e. The maximum absolute atomic E-state index is 12.8. The average molecular weight is 514 g/mol. The van der Waals surface area contributed by atoms with Crippen LogP contribution in [0.3, 0.4) is 0 Å². The number of hydrogen-bond acceptors (Lipinski definition) is 4. The monoisotopic (exact) mass is 513 g/mol. The van der Waals surface area contributed by atoms with Crippen molar-refractivity contribution in [1.82, 2.24) is 4.57 Å². The zero-order valence-electron chi connectivity index (χ0n) is 22.4. The minimum atomic E-state index is -1.21. The van der Waals surface area contributed by atoms with Crippen LogP contribution in [0.25, 0.3) is 22.4 Å². The molecule has 3 aromatic rings. The van der Waals surface area contributed by atoms with Gasteiger partial charge in [0.15, 0.2) is 5.43 Å². The van der Waals surface area contributed by atoms with Gasteiger partial charge in [0.1, 0.15) is 11.3 Å². The van der Waals surface area contributed by atoms with Gasteiger partial charge in [0.25, 0.3) is 0 Å². The third kappa shape index (κ3) is 5.97. The predicted octanol–water partition coefficient (Wildman–Crippen LogP) is 6.56. The lowest BCUT2D eigenvalue weighted by Gasteiger charge is -2.39. The molecule has 1 aromatic heterocycles. The Bertz CT molecular complexity index is 1410. The lowest BCUT2D eigenvalue weighted by molar-refractivity contribution is 0.0693. The molecule has 0 spiro atoms. The molecule has 1 aliphatic heterocycles. The van der Waals surface area contributed by atoms with E-state index in [1.165, 1.54) is 12.3 Å². The number of aromatic nitrogens is 1. The summed E-state index contributed by atoms with van der Waals surface area (Å²) < 4.78 is 13.5. The van der Waals surface area contributed by atoms with E-state index in [1.807, 2.05) is 59.2 Å². The molecule has 1 aliphatic rings. The molecule has 4 rings (SSSR count). The highest BCUT2D eigenvalue weighted by atomic mass is 16.5. The van der Waals surface area contributed by atoms with Crippen LogP contribution < -0.4 is 10.2 Å². The molecule has 0 bridgehead atoms. The molecule has 0 amide bonds. The van der Waals surface area contributed by atoms with Crippen LogP contribution in [0.4, 0.5) is 0 Å². The SMILES string of the molecule is COCCCOc1cc2c(cc1-c1ccccccccc1)-c1cc(=O)c(C(=O)O)cn1[C@H](C(C)(C)C)C2. The normalized spacial score (nSPS) is 14.2. The van der Waals surface area contributed by atoms with E-state index in [1.54, 1.807) is 7.11 Å². The summed E-state index contributed by atoms with van der Waals surface area (Å²) >= 11 is 0. The van der Waals surface area contributed by atoms with Gasteiger partial charge in [0, 0.05) is 49.6 Å². The van der Waals surface area contributed by atoms with Crippen LogP contribution in [0.1, 0.15) is 49.2 Å². The van der Waals surface area contributed by atoms with Gasteiger partial charge in [-0.2, -0.15) is 0 Å². The lowest BCUT2D eigenvalue weighted by atomic mass is 9.78. The Kier molecular flexibility index (Phi) is 8.32. The molecule has 0 saturated heterocycles. The van der Waals surface area contributed by atoms with Gasteiger partial charge < -0.3 is 19.1 Å². The zero-order chi connectivity index (χ0) is 27.3. The smallest absolute Gasteiger partial charge is 0.341 e. The number of carbonyl (C=O) groups is 1. The zero-order valence-corrected chi connectivity index (χ0v) is 22.4. The first-order valence-electron chi connectivity index (χ1n) is 12.9. The first kappa shape index (κ1) is 27.1. The standard InChI is InChI=1S/C32H35NO5/c1-32(2,3)30-18-23-17-29(38-16-12-15-37-4)25(22-13-10-8-6-5-7-9-11-14-22)19-24(23)27-20-28(34)26(31(35)36)21-33(27)30/h5-11,13-14,17,19-21,30H,12,15-16,18H2,1-4H3,(H,35,36)/t30-/m0/s1. The van der Waals surface area contributed by atoms with Gasteiger partial charge >= 0.3 is 5.97 Å². The second-order valence-electron chi connectivity index (χ2n) is 10.6. The summed E-state index contributed by atoms with van der Waals surface area (Å²) in [5.74, 6) is -0.443. The van der Waals surface area contributed by atoms with E-state index in [9.17, 15) is 14.7 Å². The van der Waals surface area contributed by atoms with Crippen molar-refractivity contribution in [2.75, 3.05) is 20.3 Å². The second kappa shape index (κ2) is 11.7. The number of pyridine rings is 1. The first-order valence-corrected chi connectivity index (χ1v) is 12.9. The molecule has 38 heavy (non-hydrogen) atoms. The molecule has 198 valence electrons. The summed E-state index contributed by atoms with van der Waals surface area (Å²) in [7, 11) is 1.68. The van der Waals surface area contributed by atoms with E-state index in [0.717, 1.165) is 40.1 Å². The van der Waals surface area contributed by atoms with Gasteiger partial charge in [0.2, 0.25) is 0 Å². The van der Waals surface area contributed by atoms with E-state index in [2.05, 4.69) is 32.9 Å². The van der Waals surface area contributed by atoms with E-state index >= 15 is 0 Å². The molecule has 0 aliphatic carbocycles. The fourth-order valence-electron chi connectivity index (χ4n) is 4.85. The van der Waals surface area contributed by atoms with Gasteiger partial charge in [-0.05, 0) is 35.1 Å². The maximum Gasteiger partial charge on any atom is 0.341 e. The summed E-state index contributed by atoms with van der Waals surface area (Å²) in [5.41, 5.74) is 3.66. The molecular formula is C32H35NO5. The maximum atomic E-state index is 12.8. The summed E-state index contributed by atoms with van der Waals surface area (Å²) in [4.78, 5) is 24.6. The van der Waals surface area contributed by atoms with Crippen LogP contribution in [-0.2, 0) is 11.2 Å². The van der Waals surface area contributed by atoms with Crippen molar-refractivity contribution in [2.45, 2.75) is 39.7 Å². The van der Waals surface area contributed by atoms with Crippen molar-refractivity contribution in [2.24, 2.45) is 5.41 Å². The minimum absolute atomic E-state index is 0.0384. The number of nitrogens with zero attached hydrogens (tertiary/aromatic N) is 1. The molecular weight excluding hydrogens is 478 g/mol. The molecule has 0 unspecified atom stereocenters. The van der Waals surface area contributed by atoms with Crippen LogP contribution in [-0.4, -0.2) is 36.0 Å². The third-order valence-corrected chi connectivity index (χ3v) is 6.82. The fraction of sp³-hybridized carbons (Fsp3) is 0.312. The highest BCUT2D eigenvalue weighted by Crippen LogP contribution is 2.45. The average Bonchev–Trinajstić information content (AvgIpc) is 2.87. The highest BCUT2D eigenvalue weighted by molar-refractivity contribution is 5.88. The Morgan fingerprint density at radius 2 is 1.63 bits per heavy atom. The Hall–Kier alpha value is -3.90. The van der Waals surface area contributed by atoms with Crippen molar-refractivity contribution in [3.63, 3.8) is 0 Å². The Morgan fingerprint density at radius 3 is 2.24 bits per heavy atom. The number of carboxylic acid groups (broad SMARTS) is 1. The van der Waals surface area contributed by atoms with Crippen LogP contribution in [0.5, 0.6) is 5.75 Å². The van der Waals surface area contributed by atoms with Crippen molar-refractivity contribution < 1.29 is 19.4 Å². The molecule has 1 N–H and O–H groups in total. The second-order valence-corrected chi connectivity index (χ2v) is 10.6. The van der Waals surface area contributed by atoms with Gasteiger partial charge in [-0.25, -0.2) is 4.79 Å². The molecule has 0 fully saturated rings. The number of methoxy groups -OCH3 is 1. The van der Waals surface area contributed by atoms with Crippen LogP contribution in [0.2, 0.25) is 0 Å². The molecule has 2 heterocycles. The molecule has 0 saturated carbocycles. The Morgan fingerprint density at radius 1 is 0.974 bits per heavy atom. The van der Waals surface area contributed by atoms with Gasteiger partial charge in [-0.3, -0.25) is 4.79 Å². The topological polar surface area (TPSA) is 77.8 Å². The number of hydrogen-bond donors (Lipinski definition) is 1. The van der Waals surface area contributed by atoms with Gasteiger partial charge in [-0.15, -0.1) is 0 Å². The molecule has 6 nitrogen and oxygen atoms in total. The minimum Gasteiger partial charge on any atom is -0.493 e. The van der Waals surface area contributed by atoms with E-state index < -0.39 is 11.4 Å². The highest BCUT2D eigenvalue weighted by Gasteiger charge is 2.34.